The molecule has 2 aromatic rings. The predicted octanol–water partition coefficient (Wildman–Crippen LogP) is 4.84. The molecule has 3 fully saturated rings. The van der Waals surface area contributed by atoms with Crippen molar-refractivity contribution in [1.29, 1.82) is 0 Å². The fraction of sp³-hybridized carbons (Fsp3) is 0.355. The van der Waals surface area contributed by atoms with Crippen molar-refractivity contribution in [2.75, 3.05) is 11.4 Å². The zero-order valence-electron chi connectivity index (χ0n) is 22.1. The third-order valence-corrected chi connectivity index (χ3v) is 10.5. The third kappa shape index (κ3) is 3.56. The quantitative estimate of drug-likeness (QED) is 0.303. The first-order valence-electron chi connectivity index (χ1n) is 13.5. The molecule has 212 valence electrons. The lowest BCUT2D eigenvalue weighted by atomic mass is 9.56. The van der Waals surface area contributed by atoms with Gasteiger partial charge in [0.05, 0.1) is 17.5 Å². The van der Waals surface area contributed by atoms with Gasteiger partial charge in [-0.2, -0.15) is 0 Å². The Balaban J connectivity index is 1.59. The summed E-state index contributed by atoms with van der Waals surface area (Å²) in [4.78, 5) is 53.1. The van der Waals surface area contributed by atoms with Crippen molar-refractivity contribution < 1.29 is 28.7 Å². The molecule has 7 nitrogen and oxygen atoms in total. The van der Waals surface area contributed by atoms with E-state index in [0.717, 1.165) is 17.0 Å². The second-order valence-electron chi connectivity index (χ2n) is 11.0. The number of amides is 4. The summed E-state index contributed by atoms with van der Waals surface area (Å²) >= 11 is 14.6. The molecule has 0 unspecified atom stereocenters. The van der Waals surface area contributed by atoms with Gasteiger partial charge in [-0.05, 0) is 61.9 Å². The first-order chi connectivity index (χ1) is 19.5. The molecule has 6 rings (SSSR count). The summed E-state index contributed by atoms with van der Waals surface area (Å²) in [6.07, 6.45) is 3.84. The molecule has 0 spiro atoms. The minimum atomic E-state index is -2.10. The number of nitrogens with zero attached hydrogens (tertiary/aromatic N) is 2. The van der Waals surface area contributed by atoms with Gasteiger partial charge in [0, 0.05) is 18.0 Å². The van der Waals surface area contributed by atoms with Gasteiger partial charge in [-0.1, -0.05) is 35.9 Å². The van der Waals surface area contributed by atoms with Gasteiger partial charge in [0.1, 0.15) is 11.6 Å². The van der Waals surface area contributed by atoms with Crippen LogP contribution < -0.4 is 4.90 Å². The molecular weight excluding hydrogens is 570 g/mol. The molecule has 41 heavy (non-hydrogen) atoms. The van der Waals surface area contributed by atoms with E-state index in [4.69, 9.17) is 23.2 Å². The molecule has 2 heterocycles. The molecule has 0 aromatic heterocycles. The third-order valence-electron chi connectivity index (χ3n) is 9.13. The van der Waals surface area contributed by atoms with Crippen LogP contribution in [0.15, 0.2) is 66.8 Å². The number of aromatic hydroxyl groups is 1. The highest BCUT2D eigenvalue weighted by Crippen LogP contribution is 2.66. The van der Waals surface area contributed by atoms with E-state index in [1.165, 1.54) is 17.0 Å². The molecule has 6 atom stereocenters. The number of carbonyl (C=O) groups is 4. The van der Waals surface area contributed by atoms with Crippen molar-refractivity contribution in [1.82, 2.24) is 4.90 Å². The number of anilines is 1. The van der Waals surface area contributed by atoms with E-state index < -0.39 is 51.1 Å². The van der Waals surface area contributed by atoms with Gasteiger partial charge in [-0.25, -0.2) is 9.29 Å². The highest BCUT2D eigenvalue weighted by molar-refractivity contribution is 6.58. The summed E-state index contributed by atoms with van der Waals surface area (Å²) in [7, 11) is 0. The van der Waals surface area contributed by atoms with E-state index in [1.807, 2.05) is 6.08 Å². The molecule has 1 saturated carbocycles. The van der Waals surface area contributed by atoms with E-state index in [2.05, 4.69) is 6.58 Å². The van der Waals surface area contributed by atoms with E-state index in [9.17, 15) is 28.7 Å². The first-order valence-corrected chi connectivity index (χ1v) is 14.3. The summed E-state index contributed by atoms with van der Waals surface area (Å²) in [6, 6.07) is 9.88. The average Bonchev–Trinajstić information content (AvgIpc) is 3.28. The van der Waals surface area contributed by atoms with Crippen LogP contribution in [-0.2, 0) is 25.6 Å². The summed E-state index contributed by atoms with van der Waals surface area (Å²) in [5, 5.41) is 11.5. The number of allylic oxidation sites excluding steroid dienone is 3. The number of alkyl halides is 2. The van der Waals surface area contributed by atoms with E-state index in [0.29, 0.717) is 17.6 Å². The number of phenols is 1. The number of phenolic OH excluding ortho intramolecular Hbond substituents is 1. The van der Waals surface area contributed by atoms with Gasteiger partial charge >= 0.3 is 0 Å². The first kappa shape index (κ1) is 27.7. The van der Waals surface area contributed by atoms with E-state index in [-0.39, 0.29) is 48.2 Å². The lowest BCUT2D eigenvalue weighted by molar-refractivity contribution is -0.140. The number of hydrogen-bond acceptors (Lipinski definition) is 5. The zero-order chi connectivity index (χ0) is 29.4. The Kier molecular flexibility index (Phi) is 6.43. The maximum Gasteiger partial charge on any atom is 0.258 e. The molecular formula is C31H27Cl2FN2O5. The number of para-hydroxylation sites is 1. The lowest BCUT2D eigenvalue weighted by Gasteiger charge is -2.50. The van der Waals surface area contributed by atoms with Crippen molar-refractivity contribution >= 4 is 52.5 Å². The van der Waals surface area contributed by atoms with Crippen LogP contribution in [0.1, 0.15) is 36.8 Å². The molecule has 0 bridgehead atoms. The topological polar surface area (TPSA) is 95.0 Å². The van der Waals surface area contributed by atoms with Crippen LogP contribution in [0.25, 0.3) is 0 Å². The van der Waals surface area contributed by atoms with Gasteiger partial charge in [0.2, 0.25) is 11.8 Å². The smallest absolute Gasteiger partial charge is 0.258 e. The summed E-state index contributed by atoms with van der Waals surface area (Å²) in [5.74, 6) is -6.13. The minimum Gasteiger partial charge on any atom is -0.507 e. The minimum absolute atomic E-state index is 0.0957. The highest BCUT2D eigenvalue weighted by Gasteiger charge is 2.76. The molecule has 2 aliphatic heterocycles. The van der Waals surface area contributed by atoms with E-state index in [1.54, 1.807) is 31.2 Å². The van der Waals surface area contributed by atoms with Gasteiger partial charge in [-0.15, -0.1) is 29.8 Å². The molecule has 2 saturated heterocycles. The number of hydrogen-bond donors (Lipinski definition) is 1. The monoisotopic (exact) mass is 596 g/mol. The summed E-state index contributed by atoms with van der Waals surface area (Å²) in [6.45, 7) is 5.68. The van der Waals surface area contributed by atoms with Crippen LogP contribution in [0.5, 0.6) is 5.75 Å². The number of rotatable bonds is 5. The standard InChI is InChI=1S/C31H27Cl2FN2O5/c1-3-6-16-7-5-8-21(25(16)37)24-19-13-14-20-23(27(39)35(4-2)26(20)38)22(19)15-30(32)28(40)36(29(41)31(24,30)33)18-11-9-17(34)10-12-18/h3,5,7-13,20,22-24,37H,1,4,6,14-15H2,2H3/t20-,22+,23-,24+,30+,31-/m0/s1. The van der Waals surface area contributed by atoms with Crippen molar-refractivity contribution in [3.63, 3.8) is 0 Å². The Morgan fingerprint density at radius 1 is 1.05 bits per heavy atom. The van der Waals surface area contributed by atoms with Crippen molar-refractivity contribution in [3.8, 4) is 5.75 Å². The second kappa shape index (κ2) is 9.53. The lowest BCUT2D eigenvalue weighted by Crippen LogP contribution is -2.60. The Morgan fingerprint density at radius 3 is 2.41 bits per heavy atom. The van der Waals surface area contributed by atoms with Gasteiger partial charge < -0.3 is 5.11 Å². The van der Waals surface area contributed by atoms with E-state index >= 15 is 0 Å². The largest absolute Gasteiger partial charge is 0.507 e. The highest BCUT2D eigenvalue weighted by atomic mass is 35.5. The number of likely N-dealkylation sites (tertiary alicyclic amines) is 1. The van der Waals surface area contributed by atoms with Crippen LogP contribution in [0, 0.1) is 23.6 Å². The van der Waals surface area contributed by atoms with Crippen molar-refractivity contribution in [2.24, 2.45) is 17.8 Å². The molecule has 2 aliphatic carbocycles. The number of carbonyl (C=O) groups excluding carboxylic acids is 4. The molecule has 4 amide bonds. The van der Waals surface area contributed by atoms with Crippen LogP contribution in [0.3, 0.4) is 0 Å². The fourth-order valence-electron chi connectivity index (χ4n) is 7.29. The summed E-state index contributed by atoms with van der Waals surface area (Å²) in [5.41, 5.74) is 1.50. The molecule has 10 heteroatoms. The molecule has 1 N–H and O–H groups in total. The number of imide groups is 2. The maximum atomic E-state index is 14.3. The Labute approximate surface area is 246 Å². The van der Waals surface area contributed by atoms with Crippen LogP contribution >= 0.6 is 23.2 Å². The van der Waals surface area contributed by atoms with Gasteiger partial charge in [-0.3, -0.25) is 24.1 Å². The Morgan fingerprint density at radius 2 is 1.76 bits per heavy atom. The van der Waals surface area contributed by atoms with Crippen LogP contribution in [-0.4, -0.2) is 49.9 Å². The van der Waals surface area contributed by atoms with Crippen molar-refractivity contribution in [3.05, 3.63) is 83.7 Å². The number of benzene rings is 2. The van der Waals surface area contributed by atoms with Crippen LogP contribution in [0.4, 0.5) is 10.1 Å². The predicted molar refractivity (Wildman–Crippen MR) is 151 cm³/mol. The summed E-state index contributed by atoms with van der Waals surface area (Å²) < 4.78 is 13.8. The molecule has 4 aliphatic rings. The average molecular weight is 597 g/mol. The van der Waals surface area contributed by atoms with Crippen LogP contribution in [0.2, 0.25) is 0 Å². The van der Waals surface area contributed by atoms with Gasteiger partial charge in [0.25, 0.3) is 11.8 Å². The second-order valence-corrected chi connectivity index (χ2v) is 12.3. The normalized spacial score (nSPS) is 32.5. The SMILES string of the molecule is C=CCc1cccc([C@H]2C3=CC[C@@H]4C(=O)N(CC)C(=O)[C@@H]4[C@@H]3C[C@@]3(Cl)C(=O)N(c4ccc(F)cc4)C(=O)[C@@]23Cl)c1O. The number of halogens is 3. The zero-order valence-corrected chi connectivity index (χ0v) is 23.7. The van der Waals surface area contributed by atoms with Gasteiger partial charge in [0.15, 0.2) is 9.75 Å². The Hall–Kier alpha value is -3.49. The van der Waals surface area contributed by atoms with Crippen molar-refractivity contribution in [2.45, 2.75) is 41.9 Å². The molecule has 2 aromatic carbocycles. The Bertz CT molecular complexity index is 1560. The molecule has 0 radical (unpaired) electrons. The number of fused-ring (bicyclic) bond motifs is 4. The fourth-order valence-corrected chi connectivity index (χ4v) is 8.21. The maximum absolute atomic E-state index is 14.3.